The van der Waals surface area contributed by atoms with E-state index in [0.717, 1.165) is 22.6 Å². The molecule has 0 bridgehead atoms. The quantitative estimate of drug-likeness (QED) is 0.381. The minimum Gasteiger partial charge on any atom is -0.494 e. The van der Waals surface area contributed by atoms with E-state index < -0.39 is 4.92 Å². The first-order valence-electron chi connectivity index (χ1n) is 8.45. The molecule has 4 aromatic rings. The molecule has 0 spiro atoms. The van der Waals surface area contributed by atoms with Crippen LogP contribution in [0.15, 0.2) is 53.3 Å². The molecule has 4 rings (SSSR count). The first-order chi connectivity index (χ1) is 13.6. The summed E-state index contributed by atoms with van der Waals surface area (Å²) in [6, 6.07) is 13.6. The Morgan fingerprint density at radius 2 is 1.96 bits per heavy atom. The Morgan fingerprint density at radius 1 is 1.21 bits per heavy atom. The van der Waals surface area contributed by atoms with Crippen molar-refractivity contribution in [3.8, 4) is 17.1 Å². The molecule has 0 aliphatic rings. The topological polar surface area (TPSA) is 99.6 Å². The zero-order chi connectivity index (χ0) is 19.7. The van der Waals surface area contributed by atoms with Crippen LogP contribution in [0, 0.1) is 10.1 Å². The number of nitro benzene ring substituents is 1. The van der Waals surface area contributed by atoms with E-state index in [9.17, 15) is 14.9 Å². The number of nitrogens with zero attached hydrogens (tertiary/aromatic N) is 4. The van der Waals surface area contributed by atoms with Gasteiger partial charge in [-0.25, -0.2) is 0 Å². The zero-order valence-corrected chi connectivity index (χ0v) is 15.5. The number of fused-ring (bicyclic) bond motifs is 1. The van der Waals surface area contributed by atoms with Crippen molar-refractivity contribution in [2.75, 3.05) is 6.61 Å². The number of aromatic nitrogens is 3. The molecule has 0 saturated heterocycles. The molecule has 2 aromatic heterocycles. The Labute approximate surface area is 162 Å². The number of rotatable bonds is 5. The highest BCUT2D eigenvalue weighted by Crippen LogP contribution is 2.21. The van der Waals surface area contributed by atoms with Gasteiger partial charge >= 0.3 is 0 Å². The standard InChI is InChI=1S/C19H14N4O4S/c1-2-27-14-9-7-12(8-10-14)17-20-19-22(21-17)18(24)16(28-19)11-13-5-3-4-6-15(13)23(25)26/h3-11H,2H2,1H3. The summed E-state index contributed by atoms with van der Waals surface area (Å²) in [6.07, 6.45) is 1.50. The van der Waals surface area contributed by atoms with Crippen LogP contribution in [0.3, 0.4) is 0 Å². The van der Waals surface area contributed by atoms with Crippen LogP contribution >= 0.6 is 11.3 Å². The van der Waals surface area contributed by atoms with Crippen LogP contribution in [0.1, 0.15) is 12.5 Å². The fraction of sp³-hybridized carbons (Fsp3) is 0.105. The molecule has 140 valence electrons. The zero-order valence-electron chi connectivity index (χ0n) is 14.7. The SMILES string of the molecule is CCOc1ccc(-c2nc3sc(=Cc4ccccc4[N+](=O)[O-])c(=O)n3n2)cc1. The van der Waals surface area contributed by atoms with Gasteiger partial charge in [-0.05, 0) is 43.3 Å². The van der Waals surface area contributed by atoms with Gasteiger partial charge in [-0.2, -0.15) is 9.50 Å². The maximum atomic E-state index is 12.6. The summed E-state index contributed by atoms with van der Waals surface area (Å²) in [5.74, 6) is 1.18. The first kappa shape index (κ1) is 17.8. The van der Waals surface area contributed by atoms with Gasteiger partial charge in [-0.15, -0.1) is 5.10 Å². The predicted octanol–water partition coefficient (Wildman–Crippen LogP) is 2.67. The summed E-state index contributed by atoms with van der Waals surface area (Å²) in [7, 11) is 0. The third kappa shape index (κ3) is 3.23. The monoisotopic (exact) mass is 394 g/mol. The Morgan fingerprint density at radius 3 is 2.64 bits per heavy atom. The van der Waals surface area contributed by atoms with Crippen LogP contribution < -0.4 is 14.8 Å². The lowest BCUT2D eigenvalue weighted by molar-refractivity contribution is -0.385. The van der Waals surface area contributed by atoms with Crippen molar-refractivity contribution >= 4 is 28.1 Å². The smallest absolute Gasteiger partial charge is 0.291 e. The Kier molecular flexibility index (Phi) is 4.58. The molecule has 0 fully saturated rings. The van der Waals surface area contributed by atoms with Gasteiger partial charge in [0.05, 0.1) is 21.6 Å². The predicted molar refractivity (Wildman–Crippen MR) is 106 cm³/mol. The number of nitro groups is 1. The van der Waals surface area contributed by atoms with Gasteiger partial charge in [0.15, 0.2) is 5.82 Å². The number of para-hydroxylation sites is 1. The van der Waals surface area contributed by atoms with Crippen LogP contribution in [-0.4, -0.2) is 26.1 Å². The van der Waals surface area contributed by atoms with E-state index in [2.05, 4.69) is 10.1 Å². The Bertz CT molecular complexity index is 1280. The Balaban J connectivity index is 1.75. The van der Waals surface area contributed by atoms with E-state index >= 15 is 0 Å². The average Bonchev–Trinajstić information content (AvgIpc) is 3.23. The molecule has 0 N–H and O–H groups in total. The molecule has 0 aliphatic heterocycles. The van der Waals surface area contributed by atoms with E-state index in [1.54, 1.807) is 18.2 Å². The van der Waals surface area contributed by atoms with Gasteiger partial charge in [0, 0.05) is 11.6 Å². The molecule has 0 amide bonds. The van der Waals surface area contributed by atoms with Crippen molar-refractivity contribution < 1.29 is 9.66 Å². The third-order valence-corrected chi connectivity index (χ3v) is 4.98. The van der Waals surface area contributed by atoms with E-state index in [0.29, 0.717) is 27.5 Å². The summed E-state index contributed by atoms with van der Waals surface area (Å²) in [6.45, 7) is 2.49. The molecule has 0 saturated carbocycles. The first-order valence-corrected chi connectivity index (χ1v) is 9.26. The lowest BCUT2D eigenvalue weighted by atomic mass is 10.2. The van der Waals surface area contributed by atoms with E-state index in [4.69, 9.17) is 4.74 Å². The van der Waals surface area contributed by atoms with Crippen LogP contribution in [0.4, 0.5) is 5.69 Å². The molecule has 8 nitrogen and oxygen atoms in total. The van der Waals surface area contributed by atoms with Crippen molar-refractivity contribution in [1.82, 2.24) is 14.6 Å². The second-order valence-corrected chi connectivity index (χ2v) is 6.83. The molecule has 2 aromatic carbocycles. The van der Waals surface area contributed by atoms with Gasteiger partial charge in [0.25, 0.3) is 11.2 Å². The van der Waals surface area contributed by atoms with Gasteiger partial charge in [0.2, 0.25) is 4.96 Å². The summed E-state index contributed by atoms with van der Waals surface area (Å²) >= 11 is 1.14. The van der Waals surface area contributed by atoms with Gasteiger partial charge in [0.1, 0.15) is 5.75 Å². The van der Waals surface area contributed by atoms with Gasteiger partial charge in [-0.1, -0.05) is 23.5 Å². The molecule has 9 heteroatoms. The highest BCUT2D eigenvalue weighted by Gasteiger charge is 2.14. The molecule has 0 aliphatic carbocycles. The summed E-state index contributed by atoms with van der Waals surface area (Å²) in [4.78, 5) is 28.2. The second kappa shape index (κ2) is 7.20. The van der Waals surface area contributed by atoms with E-state index in [-0.39, 0.29) is 11.2 Å². The Hall–Kier alpha value is -3.59. The van der Waals surface area contributed by atoms with E-state index in [1.807, 2.05) is 31.2 Å². The molecular formula is C19H14N4O4S. The summed E-state index contributed by atoms with van der Waals surface area (Å²) in [5, 5.41) is 15.4. The maximum absolute atomic E-state index is 12.6. The molecule has 2 heterocycles. The highest BCUT2D eigenvalue weighted by molar-refractivity contribution is 7.15. The third-order valence-electron chi connectivity index (χ3n) is 4.03. The van der Waals surface area contributed by atoms with Crippen molar-refractivity contribution in [3.63, 3.8) is 0 Å². The van der Waals surface area contributed by atoms with Gasteiger partial charge in [-0.3, -0.25) is 14.9 Å². The fourth-order valence-corrected chi connectivity index (χ4v) is 3.64. The van der Waals surface area contributed by atoms with Crippen molar-refractivity contribution in [2.45, 2.75) is 6.92 Å². The van der Waals surface area contributed by atoms with Crippen molar-refractivity contribution in [2.24, 2.45) is 0 Å². The number of hydrogen-bond donors (Lipinski definition) is 0. The molecule has 0 atom stereocenters. The average molecular weight is 394 g/mol. The summed E-state index contributed by atoms with van der Waals surface area (Å²) < 4.78 is 6.97. The summed E-state index contributed by atoms with van der Waals surface area (Å²) in [5.41, 5.74) is 0.711. The largest absolute Gasteiger partial charge is 0.494 e. The van der Waals surface area contributed by atoms with Crippen LogP contribution in [0.25, 0.3) is 22.4 Å². The normalized spacial score (nSPS) is 11.8. The number of ether oxygens (including phenoxy) is 1. The van der Waals surface area contributed by atoms with E-state index in [1.165, 1.54) is 16.7 Å². The second-order valence-electron chi connectivity index (χ2n) is 5.82. The number of hydrogen-bond acceptors (Lipinski definition) is 7. The number of thiazole rings is 1. The highest BCUT2D eigenvalue weighted by atomic mass is 32.1. The fourth-order valence-electron chi connectivity index (χ4n) is 2.74. The van der Waals surface area contributed by atoms with Crippen molar-refractivity contribution in [3.05, 3.63) is 79.1 Å². The minimum atomic E-state index is -0.475. The molecular weight excluding hydrogens is 380 g/mol. The number of benzene rings is 2. The molecule has 0 radical (unpaired) electrons. The van der Waals surface area contributed by atoms with Crippen molar-refractivity contribution in [1.29, 1.82) is 0 Å². The van der Waals surface area contributed by atoms with Crippen LogP contribution in [0.2, 0.25) is 0 Å². The molecule has 28 heavy (non-hydrogen) atoms. The lowest BCUT2D eigenvalue weighted by Crippen LogP contribution is -2.23. The lowest BCUT2D eigenvalue weighted by Gasteiger charge is -2.02. The minimum absolute atomic E-state index is 0.0593. The van der Waals surface area contributed by atoms with Crippen LogP contribution in [0.5, 0.6) is 5.75 Å². The van der Waals surface area contributed by atoms with Gasteiger partial charge < -0.3 is 4.74 Å². The molecule has 0 unspecified atom stereocenters. The maximum Gasteiger partial charge on any atom is 0.291 e. The van der Waals surface area contributed by atoms with Crippen LogP contribution in [-0.2, 0) is 0 Å².